The number of hydrogen-bond acceptors (Lipinski definition) is 16. The molecule has 6 N–H and O–H groups in total. The van der Waals surface area contributed by atoms with Crippen LogP contribution >= 0.6 is 48.9 Å². The molecule has 0 aromatic heterocycles. The summed E-state index contributed by atoms with van der Waals surface area (Å²) in [5.74, 6) is 1.79. The molecule has 0 unspecified atom stereocenters. The summed E-state index contributed by atoms with van der Waals surface area (Å²) in [7, 11) is 0. The smallest absolute Gasteiger partial charge is 0.408 e. The summed E-state index contributed by atoms with van der Waals surface area (Å²) >= 11 is 22.8. The molecule has 4 aliphatic heterocycles. The molecule has 122 heavy (non-hydrogen) atoms. The molecule has 7 fully saturated rings. The van der Waals surface area contributed by atoms with Crippen LogP contribution in [0.5, 0.6) is 23.0 Å². The number of nitrogens with one attached hydrogen (secondary N) is 1. The maximum Gasteiger partial charge on any atom is 0.408 e. The molecule has 15 rings (SSSR count). The van der Waals surface area contributed by atoms with Crippen molar-refractivity contribution < 1.29 is 48.0 Å². The first kappa shape index (κ1) is 88.8. The number of benzene rings is 8. The Morgan fingerprint density at radius 2 is 0.623 bits per heavy atom. The third kappa shape index (κ3) is 18.3. The molecular weight excluding hydrogens is 1620 g/mol. The molecule has 5 amide bonds. The van der Waals surface area contributed by atoms with Gasteiger partial charge in [0, 0.05) is 45.5 Å². The molecule has 0 spiro atoms. The van der Waals surface area contributed by atoms with E-state index in [9.17, 15) is 29.1 Å². The average Bonchev–Trinajstić information content (AvgIpc) is 1.60. The zero-order valence-electron chi connectivity index (χ0n) is 70.8. The number of phenolic OH excluding ortho intramolecular Hbond substituents is 1. The fourth-order valence-electron chi connectivity index (χ4n) is 14.4. The predicted molar refractivity (Wildman–Crippen MR) is 494 cm³/mol. The Hall–Kier alpha value is -12.5. The van der Waals surface area contributed by atoms with Gasteiger partial charge in [-0.25, -0.2) is 24.2 Å². The van der Waals surface area contributed by atoms with Gasteiger partial charge in [-0.3, -0.25) is 38.8 Å². The van der Waals surface area contributed by atoms with E-state index in [4.69, 9.17) is 106 Å². The third-order valence-corrected chi connectivity index (χ3v) is 23.7. The monoisotopic (exact) mass is 1710 g/mol. The Kier molecular flexibility index (Phi) is 24.7. The Balaban J connectivity index is 0.000000150. The lowest BCUT2D eigenvalue weighted by atomic mass is 10.0. The standard InChI is InChI=1S/C28H32N4O4S.2C23H24N4O2S.C19H17N3O2S/c1-18-16-20(10-13-22(18)29-7)31-23(33)27(5,6)32(25(31)37)19-8-11-21(12-9-19)35-17-28(14-15-28)30-24(34)36-26(2,3)4;2*1-15-13-17(7-10-19(15)25-4)26-20(28)22(2,3)27(21(26)30)16-5-8-18(9-6-16)29-14-23(24)11-12-23;1-12-11-14(7-10-16(12)20-4)21-17(24)19(2,3)22(18(21)25)13-5-8-15(23)9-6-13/h8-13,16H,14-15,17H2,1-6H3,(H,30,34);2*5-10,13H,11-12,14,24H2,1-3H3;5-11,23H,1-3H3. The van der Waals surface area contributed by atoms with E-state index in [0.717, 1.165) is 95.0 Å². The summed E-state index contributed by atoms with van der Waals surface area (Å²) in [5.41, 5.74) is 18.6. The van der Waals surface area contributed by atoms with Crippen molar-refractivity contribution in [2.75, 3.05) is 59.0 Å². The van der Waals surface area contributed by atoms with Crippen molar-refractivity contribution in [1.82, 2.24) is 5.32 Å². The second-order valence-electron chi connectivity index (χ2n) is 34.6. The summed E-state index contributed by atoms with van der Waals surface area (Å²) in [6.45, 7) is 57.9. The quantitative estimate of drug-likeness (QED) is 0.0460. The van der Waals surface area contributed by atoms with Crippen molar-refractivity contribution in [3.8, 4) is 23.0 Å². The van der Waals surface area contributed by atoms with Crippen molar-refractivity contribution in [2.24, 2.45) is 11.5 Å². The lowest BCUT2D eigenvalue weighted by Crippen LogP contribution is -2.44. The van der Waals surface area contributed by atoms with Gasteiger partial charge in [0.25, 0.3) is 23.6 Å². The van der Waals surface area contributed by atoms with Gasteiger partial charge in [-0.2, -0.15) is 0 Å². The summed E-state index contributed by atoms with van der Waals surface area (Å²) < 4.78 is 22.9. The van der Waals surface area contributed by atoms with Gasteiger partial charge in [-0.1, -0.05) is 24.3 Å². The molecular formula is C93H97N15O10S4. The molecule has 25 nitrogen and oxygen atoms in total. The number of nitrogens with zero attached hydrogens (tertiary/aromatic N) is 12. The Morgan fingerprint density at radius 3 is 0.836 bits per heavy atom. The number of phenols is 1. The van der Waals surface area contributed by atoms with Crippen LogP contribution in [0.4, 0.5) is 73.0 Å². The molecule has 4 heterocycles. The second-order valence-corrected chi connectivity index (χ2v) is 36.1. The highest BCUT2D eigenvalue weighted by atomic mass is 32.1. The number of anilines is 8. The molecule has 0 bridgehead atoms. The van der Waals surface area contributed by atoms with Crippen LogP contribution in [0.1, 0.15) is 137 Å². The summed E-state index contributed by atoms with van der Waals surface area (Å²) in [4.78, 5) is 92.6. The van der Waals surface area contributed by atoms with Crippen LogP contribution < -0.4 is 70.2 Å². The summed E-state index contributed by atoms with van der Waals surface area (Å²) in [6, 6.07) is 50.3. The molecule has 8 aromatic rings. The van der Waals surface area contributed by atoms with Crippen molar-refractivity contribution in [2.45, 2.75) is 187 Å². The summed E-state index contributed by atoms with van der Waals surface area (Å²) in [6.07, 6.45) is 5.20. The number of hydrogen-bond donors (Lipinski definition) is 4. The van der Waals surface area contributed by atoms with Crippen LogP contribution in [0, 0.1) is 54.0 Å². The number of ether oxygens (including phenoxy) is 4. The van der Waals surface area contributed by atoms with Crippen LogP contribution in [0.25, 0.3) is 19.4 Å². The molecule has 3 aliphatic carbocycles. The van der Waals surface area contributed by atoms with Gasteiger partial charge in [0.1, 0.15) is 70.6 Å². The number of thiocarbonyl (C=S) groups is 4. The number of aromatic hydroxyl groups is 1. The first-order valence-corrected chi connectivity index (χ1v) is 41.2. The van der Waals surface area contributed by atoms with Crippen LogP contribution in [-0.2, 0) is 23.9 Å². The first-order chi connectivity index (χ1) is 57.3. The maximum absolute atomic E-state index is 13.4. The lowest BCUT2D eigenvalue weighted by molar-refractivity contribution is -0.121. The number of aryl methyl sites for hydroxylation is 4. The lowest BCUT2D eigenvalue weighted by Gasteiger charge is -2.29. The minimum atomic E-state index is -0.902. The number of amides is 5. The Labute approximate surface area is 733 Å². The Bertz CT molecular complexity index is 5560. The van der Waals surface area contributed by atoms with Crippen LogP contribution in [0.15, 0.2) is 170 Å². The van der Waals surface area contributed by atoms with Crippen LogP contribution in [0.2, 0.25) is 0 Å². The minimum Gasteiger partial charge on any atom is -0.508 e. The molecule has 8 aromatic carbocycles. The van der Waals surface area contributed by atoms with E-state index < -0.39 is 39.4 Å². The molecule has 628 valence electrons. The number of carbonyl (C=O) groups is 5. The SMILES string of the molecule is [C-]#[N+]c1ccc(N2C(=O)C(C)(C)N(c3ccc(O)cc3)C2=S)cc1C.[C-]#[N+]c1ccc(N2C(=O)C(C)(C)N(c3ccc(OCC4(N)CC4)cc3)C2=S)cc1C.[C-]#[N+]c1ccc(N2C(=O)C(C)(C)N(c3ccc(OCC4(N)CC4)cc3)C2=S)cc1C.[C-]#[N+]c1ccc(N2C(=O)C(C)(C)N(c3ccc(OCC4(NC(=O)OC(C)(C)C)CC4)cc3)C2=S)cc1C. The molecule has 0 atom stereocenters. The van der Waals surface area contributed by atoms with Crippen LogP contribution in [0.3, 0.4) is 0 Å². The van der Waals surface area contributed by atoms with Gasteiger partial charge in [-0.15, -0.1) is 0 Å². The highest BCUT2D eigenvalue weighted by Crippen LogP contribution is 2.46. The van der Waals surface area contributed by atoms with Crippen LogP contribution in [-0.4, -0.2) is 119 Å². The maximum atomic E-state index is 13.4. The van der Waals surface area contributed by atoms with Gasteiger partial charge >= 0.3 is 6.09 Å². The largest absolute Gasteiger partial charge is 0.508 e. The van der Waals surface area contributed by atoms with Crippen molar-refractivity contribution in [3.05, 3.63) is 238 Å². The van der Waals surface area contributed by atoms with Crippen molar-refractivity contribution >= 4 is 167 Å². The number of carbonyl (C=O) groups excluding carboxylic acids is 5. The van der Waals surface area contributed by atoms with Gasteiger partial charge < -0.3 is 60.4 Å². The topological polar surface area (TPSA) is 250 Å². The van der Waals surface area contributed by atoms with Gasteiger partial charge in [0.05, 0.1) is 42.9 Å². The van der Waals surface area contributed by atoms with Gasteiger partial charge in [0.15, 0.2) is 43.2 Å². The zero-order chi connectivity index (χ0) is 88.9. The highest BCUT2D eigenvalue weighted by molar-refractivity contribution is 7.81. The summed E-state index contributed by atoms with van der Waals surface area (Å²) in [5, 5.41) is 14.0. The molecule has 7 aliphatic rings. The van der Waals surface area contributed by atoms with E-state index in [1.54, 1.807) is 93.6 Å². The fraction of sp³-hybridized carbons (Fsp3) is 0.344. The number of alkyl carbamates (subject to hydrolysis) is 1. The molecule has 3 saturated carbocycles. The van der Waals surface area contributed by atoms with E-state index in [-0.39, 0.29) is 40.5 Å². The van der Waals surface area contributed by atoms with E-state index in [2.05, 4.69) is 24.7 Å². The normalized spacial score (nSPS) is 18.1. The van der Waals surface area contributed by atoms with Gasteiger partial charge in [-0.05, 0) is 359 Å². The predicted octanol–water partition coefficient (Wildman–Crippen LogP) is 18.7. The molecule has 29 heteroatoms. The van der Waals surface area contributed by atoms with E-state index >= 15 is 0 Å². The minimum absolute atomic E-state index is 0.110. The number of nitrogens with two attached hydrogens (primary N) is 2. The van der Waals surface area contributed by atoms with Crippen molar-refractivity contribution in [1.29, 1.82) is 0 Å². The first-order valence-electron chi connectivity index (χ1n) is 39.6. The average molecular weight is 1710 g/mol. The molecule has 4 saturated heterocycles. The van der Waals surface area contributed by atoms with E-state index in [1.165, 1.54) is 9.80 Å². The van der Waals surface area contributed by atoms with Gasteiger partial charge in [0.2, 0.25) is 0 Å². The zero-order valence-corrected chi connectivity index (χ0v) is 74.1. The fourth-order valence-corrected chi connectivity index (χ4v) is 16.5. The van der Waals surface area contributed by atoms with E-state index in [0.29, 0.717) is 91.5 Å². The second kappa shape index (κ2) is 33.9. The molecule has 0 radical (unpaired) electrons. The van der Waals surface area contributed by atoms with E-state index in [1.807, 2.05) is 210 Å². The highest BCUT2D eigenvalue weighted by Gasteiger charge is 2.55. The van der Waals surface area contributed by atoms with Crippen molar-refractivity contribution in [3.63, 3.8) is 0 Å². The number of rotatable bonds is 18. The Morgan fingerprint density at radius 1 is 0.393 bits per heavy atom. The third-order valence-electron chi connectivity index (χ3n) is 22.3.